The lowest BCUT2D eigenvalue weighted by atomic mass is 10.1. The Morgan fingerprint density at radius 1 is 1.35 bits per heavy atom. The second-order valence-corrected chi connectivity index (χ2v) is 5.57. The van der Waals surface area contributed by atoms with Crippen molar-refractivity contribution in [1.82, 2.24) is 0 Å². The number of hydrogen-bond donors (Lipinski definition) is 0. The number of ether oxygens (including phenoxy) is 3. The first-order chi connectivity index (χ1) is 11.0. The summed E-state index contributed by atoms with van der Waals surface area (Å²) in [4.78, 5) is 10.6. The number of halogens is 1. The lowest BCUT2D eigenvalue weighted by Gasteiger charge is -2.20. The molecule has 6 nitrogen and oxygen atoms in total. The number of nitro groups is 1. The van der Waals surface area contributed by atoms with Gasteiger partial charge in [-0.15, -0.1) is 0 Å². The molecule has 1 aliphatic heterocycles. The summed E-state index contributed by atoms with van der Waals surface area (Å²) >= 11 is 5.98. The third kappa shape index (κ3) is 3.38. The van der Waals surface area contributed by atoms with Crippen molar-refractivity contribution in [2.24, 2.45) is 0 Å². The van der Waals surface area contributed by atoms with Gasteiger partial charge in [0.1, 0.15) is 18.1 Å². The minimum Gasteiger partial charge on any atom is -0.489 e. The maximum absolute atomic E-state index is 11.1. The summed E-state index contributed by atoms with van der Waals surface area (Å²) in [6.07, 6.45) is 0. The zero-order valence-corrected chi connectivity index (χ0v) is 13.1. The van der Waals surface area contributed by atoms with Crippen LogP contribution in [0.25, 0.3) is 0 Å². The van der Waals surface area contributed by atoms with E-state index in [4.69, 9.17) is 25.8 Å². The summed E-state index contributed by atoms with van der Waals surface area (Å²) in [6, 6.07) is 8.25. The highest BCUT2D eigenvalue weighted by Gasteiger charge is 2.21. The van der Waals surface area contributed by atoms with Gasteiger partial charge in [-0.3, -0.25) is 10.1 Å². The van der Waals surface area contributed by atoms with Crippen LogP contribution in [0.3, 0.4) is 0 Å². The first-order valence-corrected chi connectivity index (χ1v) is 7.32. The molecular formula is C16H14ClNO5. The topological polar surface area (TPSA) is 70.8 Å². The van der Waals surface area contributed by atoms with Crippen molar-refractivity contribution >= 4 is 17.3 Å². The fraction of sp³-hybridized carbons (Fsp3) is 0.250. The summed E-state index contributed by atoms with van der Waals surface area (Å²) in [5, 5.41) is 11.7. The van der Waals surface area contributed by atoms with Crippen LogP contribution in [0.5, 0.6) is 11.5 Å². The molecular weight excluding hydrogens is 322 g/mol. The molecule has 0 unspecified atom stereocenters. The van der Waals surface area contributed by atoms with Crippen LogP contribution in [-0.4, -0.2) is 11.7 Å². The smallest absolute Gasteiger partial charge is 0.270 e. The van der Waals surface area contributed by atoms with E-state index in [0.717, 1.165) is 5.56 Å². The fourth-order valence-corrected chi connectivity index (χ4v) is 2.48. The third-order valence-corrected chi connectivity index (χ3v) is 3.93. The number of hydrogen-bond acceptors (Lipinski definition) is 5. The molecule has 2 aromatic rings. The van der Waals surface area contributed by atoms with Crippen LogP contribution in [0.2, 0.25) is 5.02 Å². The van der Waals surface area contributed by atoms with Crippen LogP contribution in [0.4, 0.5) is 5.69 Å². The van der Waals surface area contributed by atoms with Gasteiger partial charge in [-0.2, -0.15) is 0 Å². The molecule has 7 heteroatoms. The molecule has 0 fully saturated rings. The number of aryl methyl sites for hydroxylation is 1. The summed E-state index contributed by atoms with van der Waals surface area (Å²) in [7, 11) is 0. The Bertz CT molecular complexity index is 762. The van der Waals surface area contributed by atoms with E-state index in [1.54, 1.807) is 12.1 Å². The Labute approximate surface area is 137 Å². The van der Waals surface area contributed by atoms with Crippen molar-refractivity contribution in [1.29, 1.82) is 0 Å². The molecule has 0 saturated heterocycles. The fourth-order valence-electron chi connectivity index (χ4n) is 2.36. The maximum Gasteiger partial charge on any atom is 0.270 e. The molecule has 0 aromatic heterocycles. The average Bonchev–Trinajstić information content (AvgIpc) is 2.55. The number of benzene rings is 2. The number of fused-ring (bicyclic) bond motifs is 1. The van der Waals surface area contributed by atoms with Crippen molar-refractivity contribution in [3.8, 4) is 11.5 Å². The standard InChI is InChI=1S/C16H14ClNO5/c1-10-4-14(2-3-15(10)17)22-8-12-6-13(18(19)20)5-11-7-21-9-23-16(11)12/h2-6H,7-9H2,1H3. The highest BCUT2D eigenvalue weighted by molar-refractivity contribution is 6.31. The second kappa shape index (κ2) is 6.44. The Balaban J connectivity index is 1.87. The number of nitro benzene ring substituents is 1. The minimum atomic E-state index is -0.440. The van der Waals surface area contributed by atoms with Crippen molar-refractivity contribution in [2.45, 2.75) is 20.1 Å². The van der Waals surface area contributed by atoms with Crippen LogP contribution in [-0.2, 0) is 18.0 Å². The normalized spacial score (nSPS) is 13.1. The minimum absolute atomic E-state index is 0.0104. The van der Waals surface area contributed by atoms with Gasteiger partial charge in [0.15, 0.2) is 6.79 Å². The molecule has 1 aliphatic rings. The first-order valence-electron chi connectivity index (χ1n) is 6.94. The molecule has 0 bridgehead atoms. The summed E-state index contributed by atoms with van der Waals surface area (Å²) in [6.45, 7) is 2.44. The Morgan fingerprint density at radius 2 is 2.17 bits per heavy atom. The van der Waals surface area contributed by atoms with Crippen LogP contribution in [0.15, 0.2) is 30.3 Å². The van der Waals surface area contributed by atoms with E-state index in [9.17, 15) is 10.1 Å². The molecule has 0 N–H and O–H groups in total. The van der Waals surface area contributed by atoms with Crippen LogP contribution in [0.1, 0.15) is 16.7 Å². The molecule has 0 radical (unpaired) electrons. The number of rotatable bonds is 4. The highest BCUT2D eigenvalue weighted by Crippen LogP contribution is 2.33. The van der Waals surface area contributed by atoms with E-state index in [2.05, 4.69) is 0 Å². The molecule has 0 saturated carbocycles. The van der Waals surface area contributed by atoms with Crippen LogP contribution >= 0.6 is 11.6 Å². The summed E-state index contributed by atoms with van der Waals surface area (Å²) in [5.74, 6) is 1.23. The van der Waals surface area contributed by atoms with Crippen molar-refractivity contribution in [2.75, 3.05) is 6.79 Å². The number of non-ortho nitro benzene ring substituents is 1. The quantitative estimate of drug-likeness (QED) is 0.623. The van der Waals surface area contributed by atoms with E-state index >= 15 is 0 Å². The third-order valence-electron chi connectivity index (χ3n) is 3.51. The summed E-state index contributed by atoms with van der Waals surface area (Å²) in [5.41, 5.74) is 2.15. The molecule has 1 heterocycles. The van der Waals surface area contributed by atoms with E-state index in [-0.39, 0.29) is 25.7 Å². The molecule has 3 rings (SSSR count). The van der Waals surface area contributed by atoms with Gasteiger partial charge >= 0.3 is 0 Å². The van der Waals surface area contributed by atoms with E-state index < -0.39 is 4.92 Å². The first kappa shape index (κ1) is 15.6. The van der Waals surface area contributed by atoms with E-state index in [1.807, 2.05) is 13.0 Å². The Hall–Kier alpha value is -2.31. The largest absolute Gasteiger partial charge is 0.489 e. The monoisotopic (exact) mass is 335 g/mol. The van der Waals surface area contributed by atoms with Gasteiger partial charge in [0.2, 0.25) is 0 Å². The van der Waals surface area contributed by atoms with Gasteiger partial charge in [-0.1, -0.05) is 11.6 Å². The van der Waals surface area contributed by atoms with Gasteiger partial charge in [-0.25, -0.2) is 0 Å². The zero-order chi connectivity index (χ0) is 16.4. The van der Waals surface area contributed by atoms with Gasteiger partial charge in [0.25, 0.3) is 5.69 Å². The van der Waals surface area contributed by atoms with Crippen molar-refractivity contribution in [3.05, 3.63) is 62.2 Å². The summed E-state index contributed by atoms with van der Waals surface area (Å²) < 4.78 is 16.4. The molecule has 0 amide bonds. The Morgan fingerprint density at radius 3 is 2.91 bits per heavy atom. The van der Waals surface area contributed by atoms with Crippen molar-refractivity contribution in [3.63, 3.8) is 0 Å². The molecule has 23 heavy (non-hydrogen) atoms. The van der Waals surface area contributed by atoms with Crippen molar-refractivity contribution < 1.29 is 19.1 Å². The molecule has 0 spiro atoms. The van der Waals surface area contributed by atoms with E-state index in [0.29, 0.717) is 27.6 Å². The molecule has 0 atom stereocenters. The van der Waals surface area contributed by atoms with Gasteiger partial charge in [0, 0.05) is 28.3 Å². The second-order valence-electron chi connectivity index (χ2n) is 5.16. The molecule has 0 aliphatic carbocycles. The number of nitrogens with zero attached hydrogens (tertiary/aromatic N) is 1. The molecule has 120 valence electrons. The molecule has 2 aromatic carbocycles. The highest BCUT2D eigenvalue weighted by atomic mass is 35.5. The Kier molecular flexibility index (Phi) is 4.36. The lowest BCUT2D eigenvalue weighted by molar-refractivity contribution is -0.385. The average molecular weight is 336 g/mol. The van der Waals surface area contributed by atoms with Gasteiger partial charge in [-0.05, 0) is 30.7 Å². The van der Waals surface area contributed by atoms with E-state index in [1.165, 1.54) is 12.1 Å². The predicted molar refractivity (Wildman–Crippen MR) is 83.9 cm³/mol. The van der Waals surface area contributed by atoms with Gasteiger partial charge in [0.05, 0.1) is 11.5 Å². The lowest BCUT2D eigenvalue weighted by Crippen LogP contribution is -2.14. The zero-order valence-electron chi connectivity index (χ0n) is 12.4. The van der Waals surface area contributed by atoms with Crippen LogP contribution < -0.4 is 9.47 Å². The maximum atomic E-state index is 11.1. The van der Waals surface area contributed by atoms with Crippen LogP contribution in [0, 0.1) is 17.0 Å². The predicted octanol–water partition coefficient (Wildman–Crippen LogP) is 4.00. The SMILES string of the molecule is Cc1cc(OCc2cc([N+](=O)[O-])cc3c2OCOC3)ccc1Cl. The van der Waals surface area contributed by atoms with Gasteiger partial charge < -0.3 is 14.2 Å².